The van der Waals surface area contributed by atoms with Crippen molar-refractivity contribution in [3.8, 4) is 16.9 Å². The maximum absolute atomic E-state index is 14.7. The van der Waals surface area contributed by atoms with E-state index in [1.807, 2.05) is 19.1 Å². The predicted octanol–water partition coefficient (Wildman–Crippen LogP) is 3.68. The molecule has 1 saturated heterocycles. The van der Waals surface area contributed by atoms with Crippen molar-refractivity contribution in [1.82, 2.24) is 4.90 Å². The summed E-state index contributed by atoms with van der Waals surface area (Å²) in [5.41, 5.74) is 1.43. The number of ether oxygens (including phenoxy) is 1. The number of aliphatic carboxylic acids is 1. The fourth-order valence-corrected chi connectivity index (χ4v) is 3.52. The summed E-state index contributed by atoms with van der Waals surface area (Å²) in [5.74, 6) is -1.84. The Balaban J connectivity index is 1.82. The van der Waals surface area contributed by atoms with E-state index in [-0.39, 0.29) is 18.0 Å². The highest BCUT2D eigenvalue weighted by Gasteiger charge is 2.33. The molecule has 2 aromatic rings. The van der Waals surface area contributed by atoms with Crippen LogP contribution in [0.15, 0.2) is 42.5 Å². The maximum Gasteiger partial charge on any atom is 0.308 e. The largest absolute Gasteiger partial charge is 0.497 e. The molecule has 0 saturated carbocycles. The molecule has 0 aromatic heterocycles. The molecule has 1 N–H and O–H groups in total. The second-order valence-electron chi connectivity index (χ2n) is 7.01. The number of halogens is 1. The molecule has 2 atom stereocenters. The molecule has 0 radical (unpaired) electrons. The van der Waals surface area contributed by atoms with Crippen LogP contribution >= 0.6 is 0 Å². The lowest BCUT2D eigenvalue weighted by molar-refractivity contribution is -0.143. The Morgan fingerprint density at radius 2 is 1.78 bits per heavy atom. The summed E-state index contributed by atoms with van der Waals surface area (Å²) < 4.78 is 19.8. The molecule has 2 unspecified atom stereocenters. The highest BCUT2D eigenvalue weighted by atomic mass is 19.1. The first-order valence-electron chi connectivity index (χ1n) is 8.85. The highest BCUT2D eigenvalue weighted by molar-refractivity contribution is 5.95. The Kier molecular flexibility index (Phi) is 5.44. The van der Waals surface area contributed by atoms with E-state index in [9.17, 15) is 19.1 Å². The van der Waals surface area contributed by atoms with Crippen molar-refractivity contribution in [2.45, 2.75) is 13.3 Å². The molecule has 6 heteroatoms. The number of carbonyl (C=O) groups excluding carboxylic acids is 1. The summed E-state index contributed by atoms with van der Waals surface area (Å²) >= 11 is 0. The van der Waals surface area contributed by atoms with Crippen molar-refractivity contribution in [3.05, 3.63) is 53.8 Å². The van der Waals surface area contributed by atoms with Gasteiger partial charge >= 0.3 is 5.97 Å². The lowest BCUT2D eigenvalue weighted by Gasteiger charge is -2.34. The monoisotopic (exact) mass is 371 g/mol. The predicted molar refractivity (Wildman–Crippen MR) is 99.2 cm³/mol. The minimum atomic E-state index is -0.922. The molecule has 3 rings (SSSR count). The van der Waals surface area contributed by atoms with Gasteiger partial charge in [0.05, 0.1) is 18.6 Å². The molecule has 5 nitrogen and oxygen atoms in total. The second kappa shape index (κ2) is 7.78. The molecule has 0 aliphatic carbocycles. The van der Waals surface area contributed by atoms with Crippen molar-refractivity contribution in [3.63, 3.8) is 0 Å². The van der Waals surface area contributed by atoms with E-state index in [0.29, 0.717) is 24.3 Å². The zero-order chi connectivity index (χ0) is 19.6. The Hall–Kier alpha value is -2.89. The first-order chi connectivity index (χ1) is 12.9. The van der Waals surface area contributed by atoms with Gasteiger partial charge in [0.1, 0.15) is 11.6 Å². The first-order valence-corrected chi connectivity index (χ1v) is 8.85. The van der Waals surface area contributed by atoms with E-state index in [1.165, 1.54) is 17.0 Å². The van der Waals surface area contributed by atoms with Crippen molar-refractivity contribution < 1.29 is 23.8 Å². The smallest absolute Gasteiger partial charge is 0.308 e. The molecule has 27 heavy (non-hydrogen) atoms. The quantitative estimate of drug-likeness (QED) is 0.890. The Morgan fingerprint density at radius 3 is 2.37 bits per heavy atom. The lowest BCUT2D eigenvalue weighted by Crippen LogP contribution is -2.45. The minimum Gasteiger partial charge on any atom is -0.497 e. The van der Waals surface area contributed by atoms with Gasteiger partial charge in [-0.05, 0) is 47.7 Å². The van der Waals surface area contributed by atoms with Crippen LogP contribution in [0.5, 0.6) is 5.75 Å². The van der Waals surface area contributed by atoms with Crippen molar-refractivity contribution in [2.75, 3.05) is 20.2 Å². The number of carbonyl (C=O) groups is 2. The van der Waals surface area contributed by atoms with Gasteiger partial charge in [0.25, 0.3) is 5.91 Å². The summed E-state index contributed by atoms with van der Waals surface area (Å²) in [4.78, 5) is 25.5. The van der Waals surface area contributed by atoms with E-state index < -0.39 is 23.6 Å². The van der Waals surface area contributed by atoms with Gasteiger partial charge < -0.3 is 14.7 Å². The number of carboxylic acid groups (broad SMARTS) is 1. The minimum absolute atomic E-state index is 0.0366. The fourth-order valence-electron chi connectivity index (χ4n) is 3.52. The highest BCUT2D eigenvalue weighted by Crippen LogP contribution is 2.27. The first kappa shape index (κ1) is 18.9. The van der Waals surface area contributed by atoms with Gasteiger partial charge in [-0.2, -0.15) is 0 Å². The van der Waals surface area contributed by atoms with E-state index in [0.717, 1.165) is 5.56 Å². The SMILES string of the molecule is COc1ccc(-c2ccc(C(=O)N3CC(C)CC(C(=O)O)C3)c(F)c2)cc1. The van der Waals surface area contributed by atoms with Crippen LogP contribution in [0.1, 0.15) is 23.7 Å². The fraction of sp³-hybridized carbons (Fsp3) is 0.333. The van der Waals surface area contributed by atoms with Gasteiger partial charge in [0.15, 0.2) is 0 Å². The van der Waals surface area contributed by atoms with Crippen molar-refractivity contribution in [2.24, 2.45) is 11.8 Å². The third-order valence-corrected chi connectivity index (χ3v) is 4.92. The van der Waals surface area contributed by atoms with Gasteiger partial charge in [-0.1, -0.05) is 25.1 Å². The van der Waals surface area contributed by atoms with Crippen LogP contribution in [0.4, 0.5) is 4.39 Å². The van der Waals surface area contributed by atoms with Crippen LogP contribution < -0.4 is 4.74 Å². The number of hydrogen-bond acceptors (Lipinski definition) is 3. The van der Waals surface area contributed by atoms with Gasteiger partial charge in [-0.15, -0.1) is 0 Å². The van der Waals surface area contributed by atoms with Crippen molar-refractivity contribution >= 4 is 11.9 Å². The van der Waals surface area contributed by atoms with E-state index >= 15 is 0 Å². The number of carboxylic acids is 1. The summed E-state index contributed by atoms with van der Waals surface area (Å²) in [6.45, 7) is 2.44. The molecular weight excluding hydrogens is 349 g/mol. The summed E-state index contributed by atoms with van der Waals surface area (Å²) in [6, 6.07) is 11.7. The van der Waals surface area contributed by atoms with Gasteiger partial charge in [-0.3, -0.25) is 9.59 Å². The topological polar surface area (TPSA) is 66.8 Å². The number of benzene rings is 2. The van der Waals surface area contributed by atoms with Gasteiger partial charge in [-0.25, -0.2) is 4.39 Å². The molecule has 0 spiro atoms. The summed E-state index contributed by atoms with van der Waals surface area (Å²) in [7, 11) is 1.57. The molecule has 2 aromatic carbocycles. The number of amides is 1. The van der Waals surface area contributed by atoms with Crippen LogP contribution in [0.2, 0.25) is 0 Å². The van der Waals surface area contributed by atoms with Crippen LogP contribution in [-0.2, 0) is 4.79 Å². The molecule has 1 aliphatic heterocycles. The number of likely N-dealkylation sites (tertiary alicyclic amines) is 1. The number of piperidine rings is 1. The van der Waals surface area contributed by atoms with E-state index in [2.05, 4.69) is 0 Å². The number of methoxy groups -OCH3 is 1. The average molecular weight is 371 g/mol. The molecule has 0 bridgehead atoms. The van der Waals surface area contributed by atoms with Crippen molar-refractivity contribution in [1.29, 1.82) is 0 Å². The average Bonchev–Trinajstić information content (AvgIpc) is 2.67. The van der Waals surface area contributed by atoms with Crippen LogP contribution in [0, 0.1) is 17.7 Å². The third-order valence-electron chi connectivity index (χ3n) is 4.92. The molecular formula is C21H22FNO4. The molecule has 1 fully saturated rings. The second-order valence-corrected chi connectivity index (χ2v) is 7.01. The number of rotatable bonds is 4. The number of hydrogen-bond donors (Lipinski definition) is 1. The van der Waals surface area contributed by atoms with E-state index in [1.54, 1.807) is 25.3 Å². The molecule has 1 amide bonds. The Labute approximate surface area is 157 Å². The summed E-state index contributed by atoms with van der Waals surface area (Å²) in [6.07, 6.45) is 0.526. The zero-order valence-corrected chi connectivity index (χ0v) is 15.3. The van der Waals surface area contributed by atoms with Gasteiger partial charge in [0, 0.05) is 13.1 Å². The lowest BCUT2D eigenvalue weighted by atomic mass is 9.90. The van der Waals surface area contributed by atoms with Gasteiger partial charge in [0.2, 0.25) is 0 Å². The summed E-state index contributed by atoms with van der Waals surface area (Å²) in [5, 5.41) is 9.26. The van der Waals surface area contributed by atoms with Crippen LogP contribution in [0.25, 0.3) is 11.1 Å². The standard InChI is InChI=1S/C21H22FNO4/c1-13-9-16(21(25)26)12-23(11-13)20(24)18-8-5-15(10-19(18)22)14-3-6-17(27-2)7-4-14/h3-8,10,13,16H,9,11-12H2,1-2H3,(H,25,26). The molecule has 1 heterocycles. The Morgan fingerprint density at radius 1 is 1.11 bits per heavy atom. The van der Waals surface area contributed by atoms with Crippen LogP contribution in [0.3, 0.4) is 0 Å². The number of nitrogens with zero attached hydrogens (tertiary/aromatic N) is 1. The molecule has 142 valence electrons. The normalized spacial score (nSPS) is 19.6. The zero-order valence-electron chi connectivity index (χ0n) is 15.3. The van der Waals surface area contributed by atoms with E-state index in [4.69, 9.17) is 4.74 Å². The third kappa shape index (κ3) is 4.10. The molecule has 1 aliphatic rings. The maximum atomic E-state index is 14.7. The Bertz CT molecular complexity index is 850. The van der Waals surface area contributed by atoms with Crippen LogP contribution in [-0.4, -0.2) is 42.1 Å².